The van der Waals surface area contributed by atoms with E-state index in [1.807, 2.05) is 36.1 Å². The van der Waals surface area contributed by atoms with Gasteiger partial charge in [-0.3, -0.25) is 9.59 Å². The smallest absolute Gasteiger partial charge is 0.258 e. The van der Waals surface area contributed by atoms with Gasteiger partial charge in [-0.2, -0.15) is 0 Å². The highest BCUT2D eigenvalue weighted by Crippen LogP contribution is 2.16. The number of nitrogens with zero attached hydrogens (tertiary/aromatic N) is 1. The van der Waals surface area contributed by atoms with Gasteiger partial charge in [0.15, 0.2) is 6.61 Å². The van der Waals surface area contributed by atoms with Gasteiger partial charge in [0.1, 0.15) is 5.75 Å². The highest BCUT2D eigenvalue weighted by atomic mass is 35.5. The van der Waals surface area contributed by atoms with Gasteiger partial charge in [-0.05, 0) is 56.2 Å². The van der Waals surface area contributed by atoms with Gasteiger partial charge >= 0.3 is 0 Å². The van der Waals surface area contributed by atoms with Crippen molar-refractivity contribution in [2.45, 2.75) is 25.8 Å². The predicted octanol–water partition coefficient (Wildman–Crippen LogP) is 3.45. The van der Waals surface area contributed by atoms with E-state index in [2.05, 4.69) is 5.32 Å². The zero-order valence-corrected chi connectivity index (χ0v) is 16.0. The Morgan fingerprint density at radius 2 is 1.85 bits per heavy atom. The molecule has 0 aliphatic carbocycles. The quantitative estimate of drug-likeness (QED) is 0.856. The van der Waals surface area contributed by atoms with Crippen LogP contribution < -0.4 is 10.1 Å². The molecule has 2 aromatic carbocycles. The number of hydrogen-bond donors (Lipinski definition) is 1. The van der Waals surface area contributed by atoms with Gasteiger partial charge in [-0.1, -0.05) is 29.3 Å². The zero-order chi connectivity index (χ0) is 19.2. The summed E-state index contributed by atoms with van der Waals surface area (Å²) in [5.41, 5.74) is 1.79. The first kappa shape index (κ1) is 19.2. The molecule has 0 atom stereocenters. The lowest BCUT2D eigenvalue weighted by molar-refractivity contribution is -0.124. The summed E-state index contributed by atoms with van der Waals surface area (Å²) in [6.45, 7) is 3.21. The standard InChI is InChI=1S/C21H23ClN2O3/c1-15-3-2-4-16(13-15)21(26)24-11-9-18(10-12-24)23-20(25)14-27-19-7-5-17(22)6-8-19/h2-8,13,18H,9-12,14H2,1H3,(H,23,25). The molecule has 3 rings (SSSR count). The third kappa shape index (κ3) is 5.47. The molecule has 27 heavy (non-hydrogen) atoms. The SMILES string of the molecule is Cc1cccc(C(=O)N2CCC(NC(=O)COc3ccc(Cl)cc3)CC2)c1. The number of rotatable bonds is 5. The highest BCUT2D eigenvalue weighted by Gasteiger charge is 2.24. The van der Waals surface area contributed by atoms with Gasteiger partial charge in [0, 0.05) is 29.7 Å². The number of piperidine rings is 1. The first-order valence-electron chi connectivity index (χ1n) is 9.05. The summed E-state index contributed by atoms with van der Waals surface area (Å²) >= 11 is 5.82. The Kier molecular flexibility index (Phi) is 6.35. The number of carbonyl (C=O) groups is 2. The van der Waals surface area contributed by atoms with Crippen molar-refractivity contribution < 1.29 is 14.3 Å². The molecule has 0 radical (unpaired) electrons. The summed E-state index contributed by atoms with van der Waals surface area (Å²) < 4.78 is 5.46. The molecule has 2 aromatic rings. The van der Waals surface area contributed by atoms with E-state index in [-0.39, 0.29) is 24.5 Å². The Balaban J connectivity index is 1.43. The van der Waals surface area contributed by atoms with E-state index in [1.54, 1.807) is 24.3 Å². The fourth-order valence-corrected chi connectivity index (χ4v) is 3.26. The van der Waals surface area contributed by atoms with Crippen molar-refractivity contribution in [3.63, 3.8) is 0 Å². The molecule has 6 heteroatoms. The molecule has 0 spiro atoms. The first-order chi connectivity index (χ1) is 13.0. The summed E-state index contributed by atoms with van der Waals surface area (Å²) in [5, 5.41) is 3.60. The van der Waals surface area contributed by atoms with E-state index in [0.29, 0.717) is 29.4 Å². The summed E-state index contributed by atoms with van der Waals surface area (Å²) in [5.74, 6) is 0.496. The lowest BCUT2D eigenvalue weighted by Crippen LogP contribution is -2.47. The average molecular weight is 387 g/mol. The van der Waals surface area contributed by atoms with E-state index < -0.39 is 0 Å². The van der Waals surface area contributed by atoms with Crippen LogP contribution in [0.15, 0.2) is 48.5 Å². The van der Waals surface area contributed by atoms with Crippen LogP contribution in [-0.2, 0) is 4.79 Å². The summed E-state index contributed by atoms with van der Waals surface area (Å²) in [7, 11) is 0. The Morgan fingerprint density at radius 1 is 1.15 bits per heavy atom. The second-order valence-electron chi connectivity index (χ2n) is 6.75. The molecular formula is C21H23ClN2O3. The molecule has 1 heterocycles. The van der Waals surface area contributed by atoms with Gasteiger partial charge in [0.05, 0.1) is 0 Å². The van der Waals surface area contributed by atoms with E-state index in [1.165, 1.54) is 0 Å². The van der Waals surface area contributed by atoms with Gasteiger partial charge in [0.25, 0.3) is 11.8 Å². The van der Waals surface area contributed by atoms with Crippen molar-refractivity contribution in [3.05, 3.63) is 64.7 Å². The number of amides is 2. The van der Waals surface area contributed by atoms with Crippen LogP contribution >= 0.6 is 11.6 Å². The maximum atomic E-state index is 12.6. The van der Waals surface area contributed by atoms with Crippen molar-refractivity contribution in [3.8, 4) is 5.75 Å². The molecule has 2 amide bonds. The third-order valence-corrected chi connectivity index (χ3v) is 4.85. The van der Waals surface area contributed by atoms with Crippen molar-refractivity contribution in [1.29, 1.82) is 0 Å². The van der Waals surface area contributed by atoms with E-state index in [0.717, 1.165) is 18.4 Å². The predicted molar refractivity (Wildman–Crippen MR) is 105 cm³/mol. The summed E-state index contributed by atoms with van der Waals surface area (Å²) in [4.78, 5) is 26.5. The summed E-state index contributed by atoms with van der Waals surface area (Å²) in [6, 6.07) is 14.6. The molecule has 0 aromatic heterocycles. The molecule has 142 valence electrons. The van der Waals surface area contributed by atoms with E-state index in [4.69, 9.17) is 16.3 Å². The molecule has 5 nitrogen and oxygen atoms in total. The van der Waals surface area contributed by atoms with Gasteiger partial charge in [-0.25, -0.2) is 0 Å². The molecule has 0 saturated carbocycles. The number of halogens is 1. The molecule has 1 saturated heterocycles. The Morgan fingerprint density at radius 3 is 2.52 bits per heavy atom. The van der Waals surface area contributed by atoms with Crippen LogP contribution in [0.2, 0.25) is 5.02 Å². The van der Waals surface area contributed by atoms with Gasteiger partial charge in [0.2, 0.25) is 0 Å². The number of aryl methyl sites for hydroxylation is 1. The van der Waals surface area contributed by atoms with E-state index in [9.17, 15) is 9.59 Å². The largest absolute Gasteiger partial charge is 0.484 e. The Labute approximate surface area is 164 Å². The highest BCUT2D eigenvalue weighted by molar-refractivity contribution is 6.30. The topological polar surface area (TPSA) is 58.6 Å². The number of carbonyl (C=O) groups excluding carboxylic acids is 2. The van der Waals surface area contributed by atoms with Gasteiger partial charge in [-0.15, -0.1) is 0 Å². The maximum absolute atomic E-state index is 12.6. The van der Waals surface area contributed by atoms with Crippen molar-refractivity contribution in [2.75, 3.05) is 19.7 Å². The van der Waals surface area contributed by atoms with Crippen molar-refractivity contribution in [2.24, 2.45) is 0 Å². The second kappa shape index (κ2) is 8.91. The molecule has 0 unspecified atom stereocenters. The number of nitrogens with one attached hydrogen (secondary N) is 1. The van der Waals surface area contributed by atoms with Crippen molar-refractivity contribution in [1.82, 2.24) is 10.2 Å². The Bertz CT molecular complexity index is 799. The van der Waals surface area contributed by atoms with Crippen LogP contribution in [0.1, 0.15) is 28.8 Å². The van der Waals surface area contributed by atoms with Crippen LogP contribution in [0.3, 0.4) is 0 Å². The molecule has 1 aliphatic rings. The molecule has 1 N–H and O–H groups in total. The normalized spacial score (nSPS) is 14.7. The van der Waals surface area contributed by atoms with Crippen LogP contribution in [0, 0.1) is 6.92 Å². The Hall–Kier alpha value is -2.53. The van der Waals surface area contributed by atoms with E-state index >= 15 is 0 Å². The fourth-order valence-electron chi connectivity index (χ4n) is 3.14. The molecule has 1 fully saturated rings. The number of benzene rings is 2. The second-order valence-corrected chi connectivity index (χ2v) is 7.18. The molecule has 1 aliphatic heterocycles. The average Bonchev–Trinajstić information content (AvgIpc) is 2.67. The van der Waals surface area contributed by atoms with Gasteiger partial charge < -0.3 is 15.0 Å². The first-order valence-corrected chi connectivity index (χ1v) is 9.43. The molecule has 0 bridgehead atoms. The molecular weight excluding hydrogens is 364 g/mol. The van der Waals surface area contributed by atoms with Crippen LogP contribution in [-0.4, -0.2) is 42.5 Å². The minimum absolute atomic E-state index is 0.0376. The fraction of sp³-hybridized carbons (Fsp3) is 0.333. The van der Waals surface area contributed by atoms with Crippen molar-refractivity contribution >= 4 is 23.4 Å². The summed E-state index contributed by atoms with van der Waals surface area (Å²) in [6.07, 6.45) is 1.48. The minimum atomic E-state index is -0.159. The van der Waals surface area contributed by atoms with Crippen LogP contribution in [0.4, 0.5) is 0 Å². The zero-order valence-electron chi connectivity index (χ0n) is 15.3. The monoisotopic (exact) mass is 386 g/mol. The minimum Gasteiger partial charge on any atom is -0.484 e. The number of ether oxygens (including phenoxy) is 1. The maximum Gasteiger partial charge on any atom is 0.258 e. The number of hydrogen-bond acceptors (Lipinski definition) is 3. The third-order valence-electron chi connectivity index (χ3n) is 4.60. The number of likely N-dealkylation sites (tertiary alicyclic amines) is 1. The van der Waals surface area contributed by atoms with Crippen LogP contribution in [0.5, 0.6) is 5.75 Å². The lowest BCUT2D eigenvalue weighted by atomic mass is 10.0. The lowest BCUT2D eigenvalue weighted by Gasteiger charge is -2.32. The van der Waals surface area contributed by atoms with Crippen LogP contribution in [0.25, 0.3) is 0 Å².